The number of aryl methyl sites for hydroxylation is 1. The standard InChI is InChI=1S/C13H17ClN4/c1-2-9-18-13(10-16-17-18)15-8-7-11-3-5-12(14)6-4-11/h3-6,10,15H,2,7-9H2,1H3. The molecule has 1 N–H and O–H groups in total. The van der Waals surface area contributed by atoms with Gasteiger partial charge in [-0.25, -0.2) is 4.68 Å². The van der Waals surface area contributed by atoms with Crippen molar-refractivity contribution in [1.29, 1.82) is 0 Å². The van der Waals surface area contributed by atoms with E-state index in [4.69, 9.17) is 11.6 Å². The lowest BCUT2D eigenvalue weighted by atomic mass is 10.1. The average molecular weight is 265 g/mol. The van der Waals surface area contributed by atoms with Crippen molar-refractivity contribution < 1.29 is 0 Å². The zero-order valence-corrected chi connectivity index (χ0v) is 11.2. The van der Waals surface area contributed by atoms with Gasteiger partial charge >= 0.3 is 0 Å². The van der Waals surface area contributed by atoms with E-state index in [1.165, 1.54) is 5.56 Å². The fourth-order valence-electron chi connectivity index (χ4n) is 1.76. The predicted molar refractivity (Wildman–Crippen MR) is 74.0 cm³/mol. The number of nitrogens with zero attached hydrogens (tertiary/aromatic N) is 3. The molecule has 5 heteroatoms. The molecule has 1 aromatic heterocycles. The maximum atomic E-state index is 5.85. The maximum absolute atomic E-state index is 5.85. The monoisotopic (exact) mass is 264 g/mol. The minimum atomic E-state index is 0.775. The third kappa shape index (κ3) is 3.47. The third-order valence-corrected chi connectivity index (χ3v) is 2.94. The lowest BCUT2D eigenvalue weighted by Gasteiger charge is -2.07. The Bertz CT molecular complexity index is 478. The van der Waals surface area contributed by atoms with Gasteiger partial charge in [-0.15, -0.1) is 5.10 Å². The molecule has 0 radical (unpaired) electrons. The van der Waals surface area contributed by atoms with Crippen LogP contribution in [0.2, 0.25) is 5.02 Å². The van der Waals surface area contributed by atoms with Gasteiger partial charge in [-0.2, -0.15) is 0 Å². The van der Waals surface area contributed by atoms with Crippen molar-refractivity contribution in [1.82, 2.24) is 15.0 Å². The van der Waals surface area contributed by atoms with Crippen LogP contribution in [-0.2, 0) is 13.0 Å². The first-order chi connectivity index (χ1) is 8.79. The molecule has 0 saturated heterocycles. The minimum absolute atomic E-state index is 0.775. The van der Waals surface area contributed by atoms with Crippen LogP contribution >= 0.6 is 11.6 Å². The first-order valence-electron chi connectivity index (χ1n) is 6.16. The van der Waals surface area contributed by atoms with E-state index in [0.29, 0.717) is 0 Å². The van der Waals surface area contributed by atoms with Crippen molar-refractivity contribution in [2.24, 2.45) is 0 Å². The fraction of sp³-hybridized carbons (Fsp3) is 0.385. The van der Waals surface area contributed by atoms with E-state index in [-0.39, 0.29) is 0 Å². The lowest BCUT2D eigenvalue weighted by Crippen LogP contribution is -2.10. The number of hydrogen-bond acceptors (Lipinski definition) is 3. The summed E-state index contributed by atoms with van der Waals surface area (Å²) in [5.41, 5.74) is 1.27. The second-order valence-corrected chi connectivity index (χ2v) is 4.58. The molecule has 0 unspecified atom stereocenters. The summed E-state index contributed by atoms with van der Waals surface area (Å²) in [6.07, 6.45) is 3.77. The van der Waals surface area contributed by atoms with Gasteiger partial charge in [-0.1, -0.05) is 35.9 Å². The van der Waals surface area contributed by atoms with E-state index >= 15 is 0 Å². The molecule has 0 fully saturated rings. The van der Waals surface area contributed by atoms with Crippen LogP contribution in [0, 0.1) is 0 Å². The van der Waals surface area contributed by atoms with Gasteiger partial charge in [0.15, 0.2) is 0 Å². The Hall–Kier alpha value is -1.55. The average Bonchev–Trinajstić information content (AvgIpc) is 2.80. The second kappa shape index (κ2) is 6.40. The van der Waals surface area contributed by atoms with Crippen molar-refractivity contribution in [3.63, 3.8) is 0 Å². The van der Waals surface area contributed by atoms with E-state index in [2.05, 4.69) is 22.6 Å². The zero-order valence-electron chi connectivity index (χ0n) is 10.4. The summed E-state index contributed by atoms with van der Waals surface area (Å²) in [5.74, 6) is 0.978. The largest absolute Gasteiger partial charge is 0.369 e. The molecule has 1 aromatic carbocycles. The SMILES string of the molecule is CCCn1nncc1NCCc1ccc(Cl)cc1. The molecule has 1 heterocycles. The second-order valence-electron chi connectivity index (χ2n) is 4.15. The number of nitrogens with one attached hydrogen (secondary N) is 1. The van der Waals surface area contributed by atoms with Crippen molar-refractivity contribution in [3.8, 4) is 0 Å². The molecular formula is C13H17ClN4. The summed E-state index contributed by atoms with van der Waals surface area (Å²) < 4.78 is 1.89. The highest BCUT2D eigenvalue weighted by atomic mass is 35.5. The maximum Gasteiger partial charge on any atom is 0.144 e. The van der Waals surface area contributed by atoms with Crippen molar-refractivity contribution in [2.45, 2.75) is 26.3 Å². The van der Waals surface area contributed by atoms with Gasteiger partial charge in [0.1, 0.15) is 5.82 Å². The number of rotatable bonds is 6. The highest BCUT2D eigenvalue weighted by Crippen LogP contribution is 2.10. The number of halogens is 1. The summed E-state index contributed by atoms with van der Waals surface area (Å²) in [6, 6.07) is 7.93. The Morgan fingerprint density at radius 3 is 2.78 bits per heavy atom. The van der Waals surface area contributed by atoms with Crippen LogP contribution in [0.5, 0.6) is 0 Å². The zero-order chi connectivity index (χ0) is 12.8. The van der Waals surface area contributed by atoms with E-state index in [9.17, 15) is 0 Å². The van der Waals surface area contributed by atoms with E-state index in [1.54, 1.807) is 6.20 Å². The highest BCUT2D eigenvalue weighted by molar-refractivity contribution is 6.30. The van der Waals surface area contributed by atoms with Crippen molar-refractivity contribution >= 4 is 17.4 Å². The number of anilines is 1. The van der Waals surface area contributed by atoms with Gasteiger partial charge in [-0.3, -0.25) is 0 Å². The Kier molecular flexibility index (Phi) is 4.59. The smallest absolute Gasteiger partial charge is 0.144 e. The molecule has 0 bridgehead atoms. The molecule has 4 nitrogen and oxygen atoms in total. The van der Waals surface area contributed by atoms with Crippen LogP contribution in [0.1, 0.15) is 18.9 Å². The third-order valence-electron chi connectivity index (χ3n) is 2.69. The summed E-state index contributed by atoms with van der Waals surface area (Å²) in [5, 5.41) is 12.1. The fourth-order valence-corrected chi connectivity index (χ4v) is 1.88. The molecule has 0 aliphatic heterocycles. The van der Waals surface area contributed by atoms with Crippen LogP contribution in [0.4, 0.5) is 5.82 Å². The van der Waals surface area contributed by atoms with Gasteiger partial charge < -0.3 is 5.32 Å². The first kappa shape index (κ1) is 12.9. The summed E-state index contributed by atoms with van der Waals surface area (Å²) in [4.78, 5) is 0. The van der Waals surface area contributed by atoms with Crippen LogP contribution < -0.4 is 5.32 Å². The molecule has 0 saturated carbocycles. The Balaban J connectivity index is 1.84. The van der Waals surface area contributed by atoms with Crippen LogP contribution in [0.3, 0.4) is 0 Å². The van der Waals surface area contributed by atoms with E-state index in [1.807, 2.05) is 28.9 Å². The van der Waals surface area contributed by atoms with Gasteiger partial charge in [0.2, 0.25) is 0 Å². The van der Waals surface area contributed by atoms with Crippen LogP contribution in [0.15, 0.2) is 30.5 Å². The quantitative estimate of drug-likeness (QED) is 0.872. The normalized spacial score (nSPS) is 10.6. The topological polar surface area (TPSA) is 42.7 Å². The molecular weight excluding hydrogens is 248 g/mol. The Labute approximate surface area is 112 Å². The van der Waals surface area contributed by atoms with Gasteiger partial charge in [0.05, 0.1) is 6.20 Å². The minimum Gasteiger partial charge on any atom is -0.369 e. The number of benzene rings is 1. The molecule has 96 valence electrons. The first-order valence-corrected chi connectivity index (χ1v) is 6.54. The predicted octanol–water partition coefficient (Wildman–Crippen LogP) is 3.00. The molecule has 0 amide bonds. The van der Waals surface area contributed by atoms with Crippen molar-refractivity contribution in [3.05, 3.63) is 41.0 Å². The van der Waals surface area contributed by atoms with Gasteiger partial charge in [-0.05, 0) is 30.5 Å². The molecule has 0 aliphatic rings. The molecule has 0 atom stereocenters. The van der Waals surface area contributed by atoms with Crippen LogP contribution in [0.25, 0.3) is 0 Å². The summed E-state index contributed by atoms with van der Waals surface area (Å²) in [6.45, 7) is 3.88. The highest BCUT2D eigenvalue weighted by Gasteiger charge is 2.01. The number of hydrogen-bond donors (Lipinski definition) is 1. The Morgan fingerprint density at radius 1 is 1.28 bits per heavy atom. The molecule has 2 aromatic rings. The number of aromatic nitrogens is 3. The van der Waals surface area contributed by atoms with Crippen molar-refractivity contribution in [2.75, 3.05) is 11.9 Å². The molecule has 0 aliphatic carbocycles. The Morgan fingerprint density at radius 2 is 2.06 bits per heavy atom. The molecule has 18 heavy (non-hydrogen) atoms. The lowest BCUT2D eigenvalue weighted by molar-refractivity contribution is 0.583. The summed E-state index contributed by atoms with van der Waals surface area (Å²) in [7, 11) is 0. The van der Waals surface area contributed by atoms with Gasteiger partial charge in [0, 0.05) is 18.1 Å². The van der Waals surface area contributed by atoms with Crippen LogP contribution in [-0.4, -0.2) is 21.5 Å². The van der Waals surface area contributed by atoms with E-state index < -0.39 is 0 Å². The molecule has 0 spiro atoms. The van der Waals surface area contributed by atoms with Gasteiger partial charge in [0.25, 0.3) is 0 Å². The molecule has 2 rings (SSSR count). The van der Waals surface area contributed by atoms with E-state index in [0.717, 1.165) is 36.8 Å². The summed E-state index contributed by atoms with van der Waals surface area (Å²) >= 11 is 5.85.